The third kappa shape index (κ3) is 1.32. The number of aliphatic carboxylic acids is 1. The molecule has 1 N–H and O–H groups in total. The molecule has 0 amide bonds. The van der Waals surface area contributed by atoms with Crippen LogP contribution < -0.4 is 0 Å². The van der Waals surface area contributed by atoms with E-state index in [1.165, 1.54) is 0 Å². The second-order valence-electron chi connectivity index (χ2n) is 3.58. The number of nitrogens with zero attached hydrogens (tertiary/aromatic N) is 1. The first-order chi connectivity index (χ1) is 6.58. The summed E-state index contributed by atoms with van der Waals surface area (Å²) in [6, 6.07) is 0. The molecule has 0 aliphatic heterocycles. The fourth-order valence-electron chi connectivity index (χ4n) is 1.71. The molecule has 1 heterocycles. The van der Waals surface area contributed by atoms with Crippen LogP contribution in [0.3, 0.4) is 0 Å². The molecule has 0 fully saturated rings. The Hall–Kier alpha value is -1.58. The maximum absolute atomic E-state index is 10.9. The van der Waals surface area contributed by atoms with Gasteiger partial charge in [-0.2, -0.15) is 0 Å². The van der Waals surface area contributed by atoms with Crippen LogP contribution in [0.25, 0.3) is 5.57 Å². The van der Waals surface area contributed by atoms with Gasteiger partial charge in [0.05, 0.1) is 5.69 Å². The molecule has 14 heavy (non-hydrogen) atoms. The first-order valence-electron chi connectivity index (χ1n) is 4.49. The van der Waals surface area contributed by atoms with E-state index in [0.717, 1.165) is 12.1 Å². The molecule has 0 saturated carbocycles. The van der Waals surface area contributed by atoms with Crippen LogP contribution in [0.2, 0.25) is 0 Å². The van der Waals surface area contributed by atoms with Gasteiger partial charge in [0.15, 0.2) is 11.7 Å². The third-order valence-electron chi connectivity index (χ3n) is 2.25. The zero-order chi connectivity index (χ0) is 10.3. The van der Waals surface area contributed by atoms with Gasteiger partial charge in [-0.05, 0) is 12.3 Å². The van der Waals surface area contributed by atoms with Crippen molar-refractivity contribution in [2.75, 3.05) is 0 Å². The average Bonchev–Trinajstić information content (AvgIpc) is 2.42. The number of allylic oxidation sites excluding steroid dienone is 1. The molecular formula is C10H11NO3. The monoisotopic (exact) mass is 193 g/mol. The molecule has 1 aliphatic carbocycles. The van der Waals surface area contributed by atoms with Crippen LogP contribution in [0, 0.1) is 12.8 Å². The lowest BCUT2D eigenvalue weighted by Crippen LogP contribution is -2.11. The Morgan fingerprint density at radius 2 is 2.43 bits per heavy atom. The van der Waals surface area contributed by atoms with Gasteiger partial charge in [-0.1, -0.05) is 13.0 Å². The quantitative estimate of drug-likeness (QED) is 0.736. The number of rotatable bonds is 1. The molecule has 1 unspecified atom stereocenters. The lowest BCUT2D eigenvalue weighted by molar-refractivity contribution is -0.130. The highest BCUT2D eigenvalue weighted by Gasteiger charge is 2.26. The normalized spacial score (nSPS) is 20.1. The van der Waals surface area contributed by atoms with Crippen molar-refractivity contribution < 1.29 is 14.3 Å². The zero-order valence-corrected chi connectivity index (χ0v) is 8.07. The SMILES string of the molecule is Cc1nc2c(o1)C(C(=O)O)=CC(C)C2. The lowest BCUT2D eigenvalue weighted by atomic mass is 9.93. The van der Waals surface area contributed by atoms with Crippen molar-refractivity contribution in [3.8, 4) is 0 Å². The summed E-state index contributed by atoms with van der Waals surface area (Å²) in [4.78, 5) is 15.1. The van der Waals surface area contributed by atoms with Crippen molar-refractivity contribution >= 4 is 11.5 Å². The minimum atomic E-state index is -0.950. The maximum atomic E-state index is 10.9. The summed E-state index contributed by atoms with van der Waals surface area (Å²) >= 11 is 0. The molecule has 0 saturated heterocycles. The van der Waals surface area contributed by atoms with E-state index < -0.39 is 5.97 Å². The highest BCUT2D eigenvalue weighted by Crippen LogP contribution is 2.29. The van der Waals surface area contributed by atoms with Crippen LogP contribution in [0.5, 0.6) is 0 Å². The summed E-state index contributed by atoms with van der Waals surface area (Å²) in [6.07, 6.45) is 2.47. The first kappa shape index (κ1) is 8.99. The van der Waals surface area contributed by atoms with E-state index in [-0.39, 0.29) is 11.5 Å². The molecule has 0 radical (unpaired) electrons. The van der Waals surface area contributed by atoms with Crippen molar-refractivity contribution in [2.24, 2.45) is 5.92 Å². The Morgan fingerprint density at radius 3 is 3.07 bits per heavy atom. The van der Waals surface area contributed by atoms with Crippen molar-refractivity contribution in [2.45, 2.75) is 20.3 Å². The van der Waals surface area contributed by atoms with E-state index in [2.05, 4.69) is 4.98 Å². The predicted molar refractivity (Wildman–Crippen MR) is 49.7 cm³/mol. The Balaban J connectivity index is 2.54. The number of hydrogen-bond donors (Lipinski definition) is 1. The predicted octanol–water partition coefficient (Wildman–Crippen LogP) is 1.64. The van der Waals surface area contributed by atoms with Gasteiger partial charge in [0.25, 0.3) is 0 Å². The van der Waals surface area contributed by atoms with Crippen LogP contribution in [0.4, 0.5) is 0 Å². The number of oxazole rings is 1. The maximum Gasteiger partial charge on any atom is 0.339 e. The number of aryl methyl sites for hydroxylation is 1. The molecule has 1 atom stereocenters. The number of hydrogen-bond acceptors (Lipinski definition) is 3. The van der Waals surface area contributed by atoms with Crippen molar-refractivity contribution in [3.05, 3.63) is 23.4 Å². The second kappa shape index (κ2) is 2.97. The molecule has 1 aromatic heterocycles. The summed E-state index contributed by atoms with van der Waals surface area (Å²) in [7, 11) is 0. The highest BCUT2D eigenvalue weighted by atomic mass is 16.4. The Bertz CT molecular complexity index is 417. The van der Waals surface area contributed by atoms with Crippen LogP contribution >= 0.6 is 0 Å². The third-order valence-corrected chi connectivity index (χ3v) is 2.25. The Morgan fingerprint density at radius 1 is 1.71 bits per heavy atom. The molecule has 2 rings (SSSR count). The van der Waals surface area contributed by atoms with Gasteiger partial charge < -0.3 is 9.52 Å². The summed E-state index contributed by atoms with van der Waals surface area (Å²) in [5.41, 5.74) is 0.995. The molecule has 74 valence electrons. The number of fused-ring (bicyclic) bond motifs is 1. The lowest BCUT2D eigenvalue weighted by Gasteiger charge is -2.12. The molecule has 4 nitrogen and oxygen atoms in total. The topological polar surface area (TPSA) is 63.3 Å². The second-order valence-corrected chi connectivity index (χ2v) is 3.58. The molecule has 1 aliphatic rings. The molecular weight excluding hydrogens is 182 g/mol. The largest absolute Gasteiger partial charge is 0.478 e. The van der Waals surface area contributed by atoms with Crippen LogP contribution in [-0.4, -0.2) is 16.1 Å². The van der Waals surface area contributed by atoms with E-state index in [4.69, 9.17) is 9.52 Å². The smallest absolute Gasteiger partial charge is 0.339 e. The zero-order valence-electron chi connectivity index (χ0n) is 8.07. The van der Waals surface area contributed by atoms with Crippen molar-refractivity contribution in [1.82, 2.24) is 4.98 Å². The Kier molecular flexibility index (Phi) is 1.91. The molecule has 0 spiro atoms. The van der Waals surface area contributed by atoms with Crippen LogP contribution in [0.15, 0.2) is 10.5 Å². The van der Waals surface area contributed by atoms with Gasteiger partial charge in [0, 0.05) is 6.92 Å². The van der Waals surface area contributed by atoms with Gasteiger partial charge >= 0.3 is 5.97 Å². The van der Waals surface area contributed by atoms with Gasteiger partial charge in [-0.25, -0.2) is 9.78 Å². The van der Waals surface area contributed by atoms with E-state index >= 15 is 0 Å². The van der Waals surface area contributed by atoms with Gasteiger partial charge in [0.2, 0.25) is 0 Å². The van der Waals surface area contributed by atoms with Crippen LogP contribution in [-0.2, 0) is 11.2 Å². The number of carboxylic acids is 1. The Labute approximate surface area is 81.3 Å². The fraction of sp³-hybridized carbons (Fsp3) is 0.400. The minimum absolute atomic E-state index is 0.207. The number of carboxylic acid groups (broad SMARTS) is 1. The highest BCUT2D eigenvalue weighted by molar-refractivity contribution is 6.15. The van der Waals surface area contributed by atoms with Gasteiger partial charge in [0.1, 0.15) is 5.57 Å². The molecule has 0 bridgehead atoms. The first-order valence-corrected chi connectivity index (χ1v) is 4.49. The van der Waals surface area contributed by atoms with Gasteiger partial charge in [-0.3, -0.25) is 0 Å². The van der Waals surface area contributed by atoms with Crippen molar-refractivity contribution in [3.63, 3.8) is 0 Å². The molecule has 4 heteroatoms. The number of carbonyl (C=O) groups is 1. The summed E-state index contributed by atoms with van der Waals surface area (Å²) in [5.74, 6) is 0.205. The summed E-state index contributed by atoms with van der Waals surface area (Å²) < 4.78 is 5.27. The van der Waals surface area contributed by atoms with Crippen molar-refractivity contribution in [1.29, 1.82) is 0 Å². The summed E-state index contributed by atoms with van der Waals surface area (Å²) in [6.45, 7) is 3.69. The number of aromatic nitrogens is 1. The average molecular weight is 193 g/mol. The molecule has 0 aromatic carbocycles. The fourth-order valence-corrected chi connectivity index (χ4v) is 1.71. The minimum Gasteiger partial charge on any atom is -0.478 e. The summed E-state index contributed by atoms with van der Waals surface area (Å²) in [5, 5.41) is 8.96. The van der Waals surface area contributed by atoms with Gasteiger partial charge in [-0.15, -0.1) is 0 Å². The van der Waals surface area contributed by atoms with Crippen LogP contribution in [0.1, 0.15) is 24.3 Å². The van der Waals surface area contributed by atoms with E-state index in [1.54, 1.807) is 13.0 Å². The molecule has 1 aromatic rings. The van der Waals surface area contributed by atoms with E-state index in [9.17, 15) is 4.79 Å². The van der Waals surface area contributed by atoms with E-state index in [1.807, 2.05) is 6.92 Å². The standard InChI is InChI=1S/C10H11NO3/c1-5-3-7(10(12)13)9-8(4-5)11-6(2)14-9/h3,5H,4H2,1-2H3,(H,12,13). The van der Waals surface area contributed by atoms with E-state index in [0.29, 0.717) is 11.7 Å².